The molecular formula is C7H10O4. The molecule has 0 aromatic carbocycles. The summed E-state index contributed by atoms with van der Waals surface area (Å²) in [7, 11) is 0. The molecule has 0 aliphatic carbocycles. The van der Waals surface area contributed by atoms with Crippen molar-refractivity contribution in [2.75, 3.05) is 0 Å². The van der Waals surface area contributed by atoms with Gasteiger partial charge in [-0.05, 0) is 6.42 Å². The van der Waals surface area contributed by atoms with Crippen LogP contribution in [0.3, 0.4) is 0 Å². The predicted molar refractivity (Wildman–Crippen MR) is 36.7 cm³/mol. The second-order valence-corrected chi connectivity index (χ2v) is 2.05. The Morgan fingerprint density at radius 1 is 1.27 bits per heavy atom. The van der Waals surface area contributed by atoms with Gasteiger partial charge in [-0.1, -0.05) is 6.92 Å². The van der Waals surface area contributed by atoms with Crippen molar-refractivity contribution in [3.63, 3.8) is 0 Å². The van der Waals surface area contributed by atoms with E-state index in [1.807, 2.05) is 0 Å². The highest BCUT2D eigenvalue weighted by atomic mass is 16.6. The molecule has 0 heterocycles. The quantitative estimate of drug-likeness (QED) is 0.340. The summed E-state index contributed by atoms with van der Waals surface area (Å²) in [5.41, 5.74) is 0. The second kappa shape index (κ2) is 4.60. The minimum absolute atomic E-state index is 0.131. The number of rotatable bonds is 3. The SMILES string of the molecule is CCCC(=O)C(=O)OC(C)=O. The molecule has 0 fully saturated rings. The lowest BCUT2D eigenvalue weighted by Gasteiger charge is -1.95. The predicted octanol–water partition coefficient (Wildman–Crippen LogP) is 0.445. The van der Waals surface area contributed by atoms with Crippen molar-refractivity contribution in [3.05, 3.63) is 0 Å². The van der Waals surface area contributed by atoms with Gasteiger partial charge in [0.25, 0.3) is 0 Å². The Bertz CT molecular complexity index is 183. The Hall–Kier alpha value is -1.19. The minimum atomic E-state index is -1.06. The Balaban J connectivity index is 3.83. The summed E-state index contributed by atoms with van der Waals surface area (Å²) >= 11 is 0. The van der Waals surface area contributed by atoms with Gasteiger partial charge >= 0.3 is 11.9 Å². The van der Waals surface area contributed by atoms with Gasteiger partial charge in [-0.15, -0.1) is 0 Å². The molecule has 0 bridgehead atoms. The lowest BCUT2D eigenvalue weighted by atomic mass is 10.2. The first-order valence-corrected chi connectivity index (χ1v) is 3.33. The van der Waals surface area contributed by atoms with Crippen LogP contribution in [-0.4, -0.2) is 17.7 Å². The van der Waals surface area contributed by atoms with Crippen LogP contribution in [0, 0.1) is 0 Å². The van der Waals surface area contributed by atoms with Crippen LogP contribution in [0.1, 0.15) is 26.7 Å². The molecule has 0 aromatic heterocycles. The van der Waals surface area contributed by atoms with Gasteiger partial charge in [-0.2, -0.15) is 0 Å². The van der Waals surface area contributed by atoms with Gasteiger partial charge in [0, 0.05) is 13.3 Å². The largest absolute Gasteiger partial charge is 0.387 e. The van der Waals surface area contributed by atoms with Crippen LogP contribution in [-0.2, 0) is 19.1 Å². The maximum atomic E-state index is 10.7. The molecule has 4 heteroatoms. The van der Waals surface area contributed by atoms with Crippen LogP contribution < -0.4 is 0 Å². The van der Waals surface area contributed by atoms with E-state index in [-0.39, 0.29) is 6.42 Å². The van der Waals surface area contributed by atoms with Crippen LogP contribution in [0.2, 0.25) is 0 Å². The summed E-state index contributed by atoms with van der Waals surface area (Å²) in [5.74, 6) is -2.46. The molecule has 0 N–H and O–H groups in total. The van der Waals surface area contributed by atoms with Gasteiger partial charge in [0.2, 0.25) is 5.78 Å². The molecule has 0 radical (unpaired) electrons. The number of esters is 2. The summed E-state index contributed by atoms with van der Waals surface area (Å²) in [5, 5.41) is 0. The third kappa shape index (κ3) is 4.25. The summed E-state index contributed by atoms with van der Waals surface area (Å²) in [6.45, 7) is 2.84. The van der Waals surface area contributed by atoms with Crippen LogP contribution in [0.15, 0.2) is 0 Å². The van der Waals surface area contributed by atoms with E-state index in [2.05, 4.69) is 4.74 Å². The Morgan fingerprint density at radius 2 is 1.82 bits per heavy atom. The molecular weight excluding hydrogens is 148 g/mol. The first-order chi connectivity index (χ1) is 5.07. The van der Waals surface area contributed by atoms with Crippen LogP contribution in [0.25, 0.3) is 0 Å². The first kappa shape index (κ1) is 9.81. The summed E-state index contributed by atoms with van der Waals surface area (Å²) in [4.78, 5) is 31.4. The number of carbonyl (C=O) groups excluding carboxylic acids is 3. The Labute approximate surface area is 64.5 Å². The topological polar surface area (TPSA) is 60.4 Å². The average Bonchev–Trinajstić information content (AvgIpc) is 1.86. The van der Waals surface area contributed by atoms with Crippen molar-refractivity contribution in [1.29, 1.82) is 0 Å². The van der Waals surface area contributed by atoms with E-state index in [9.17, 15) is 14.4 Å². The molecule has 11 heavy (non-hydrogen) atoms. The summed E-state index contributed by atoms with van der Waals surface area (Å²) in [6, 6.07) is 0. The van der Waals surface area contributed by atoms with Crippen molar-refractivity contribution >= 4 is 17.7 Å². The zero-order chi connectivity index (χ0) is 8.85. The molecule has 0 rings (SSSR count). The highest BCUT2D eigenvalue weighted by molar-refractivity contribution is 6.35. The maximum Gasteiger partial charge on any atom is 0.382 e. The standard InChI is InChI=1S/C7H10O4/c1-3-4-6(9)7(10)11-5(2)8/h3-4H2,1-2H3. The molecule has 0 aliphatic rings. The molecule has 62 valence electrons. The van der Waals surface area contributed by atoms with Gasteiger partial charge in [0.1, 0.15) is 0 Å². The fourth-order valence-electron chi connectivity index (χ4n) is 0.517. The van der Waals surface area contributed by atoms with E-state index in [0.717, 1.165) is 6.92 Å². The van der Waals surface area contributed by atoms with Gasteiger partial charge in [0.05, 0.1) is 0 Å². The number of ketones is 1. The van der Waals surface area contributed by atoms with Crippen molar-refractivity contribution in [1.82, 2.24) is 0 Å². The van der Waals surface area contributed by atoms with Gasteiger partial charge in [0.15, 0.2) is 0 Å². The molecule has 0 saturated carbocycles. The van der Waals surface area contributed by atoms with Crippen molar-refractivity contribution in [3.8, 4) is 0 Å². The van der Waals surface area contributed by atoms with Gasteiger partial charge < -0.3 is 4.74 Å². The Morgan fingerprint density at radius 3 is 2.18 bits per heavy atom. The average molecular weight is 158 g/mol. The lowest BCUT2D eigenvalue weighted by Crippen LogP contribution is -2.19. The van der Waals surface area contributed by atoms with Gasteiger partial charge in [-0.3, -0.25) is 9.59 Å². The van der Waals surface area contributed by atoms with E-state index in [1.165, 1.54) is 0 Å². The van der Waals surface area contributed by atoms with Gasteiger partial charge in [-0.25, -0.2) is 4.79 Å². The summed E-state index contributed by atoms with van der Waals surface area (Å²) < 4.78 is 4.04. The fraction of sp³-hybridized carbons (Fsp3) is 0.571. The molecule has 0 aromatic rings. The molecule has 4 nitrogen and oxygen atoms in total. The number of ether oxygens (including phenoxy) is 1. The highest BCUT2D eigenvalue weighted by Crippen LogP contribution is 1.92. The van der Waals surface area contributed by atoms with E-state index < -0.39 is 17.7 Å². The minimum Gasteiger partial charge on any atom is -0.387 e. The number of hydrogen-bond acceptors (Lipinski definition) is 4. The maximum absolute atomic E-state index is 10.7. The normalized spacial score (nSPS) is 8.91. The molecule has 0 aliphatic heterocycles. The molecule has 0 saturated heterocycles. The van der Waals surface area contributed by atoms with E-state index in [1.54, 1.807) is 6.92 Å². The summed E-state index contributed by atoms with van der Waals surface area (Å²) in [6.07, 6.45) is 0.706. The lowest BCUT2D eigenvalue weighted by molar-refractivity contribution is -0.163. The van der Waals surface area contributed by atoms with Crippen LogP contribution >= 0.6 is 0 Å². The molecule has 0 unspecified atom stereocenters. The monoisotopic (exact) mass is 158 g/mol. The third-order valence-corrected chi connectivity index (χ3v) is 0.941. The smallest absolute Gasteiger partial charge is 0.382 e. The van der Waals surface area contributed by atoms with E-state index in [4.69, 9.17) is 0 Å². The number of hydrogen-bond donors (Lipinski definition) is 0. The Kier molecular flexibility index (Phi) is 4.10. The zero-order valence-electron chi connectivity index (χ0n) is 6.55. The first-order valence-electron chi connectivity index (χ1n) is 3.33. The molecule has 0 amide bonds. The number of Topliss-reactive ketones (excluding diaryl/α,β-unsaturated/α-hetero) is 1. The third-order valence-electron chi connectivity index (χ3n) is 0.941. The van der Waals surface area contributed by atoms with Crippen molar-refractivity contribution in [2.24, 2.45) is 0 Å². The van der Waals surface area contributed by atoms with E-state index in [0.29, 0.717) is 6.42 Å². The second-order valence-electron chi connectivity index (χ2n) is 2.05. The fourth-order valence-corrected chi connectivity index (χ4v) is 0.517. The molecule has 0 spiro atoms. The molecule has 0 atom stereocenters. The van der Waals surface area contributed by atoms with Crippen LogP contribution in [0.4, 0.5) is 0 Å². The van der Waals surface area contributed by atoms with Crippen LogP contribution in [0.5, 0.6) is 0 Å². The van der Waals surface area contributed by atoms with Crippen molar-refractivity contribution < 1.29 is 19.1 Å². The number of carbonyl (C=O) groups is 3. The highest BCUT2D eigenvalue weighted by Gasteiger charge is 2.15. The van der Waals surface area contributed by atoms with Crippen molar-refractivity contribution in [2.45, 2.75) is 26.7 Å². The van der Waals surface area contributed by atoms with E-state index >= 15 is 0 Å². The zero-order valence-corrected chi connectivity index (χ0v) is 6.55.